The van der Waals surface area contributed by atoms with E-state index in [0.717, 1.165) is 33.4 Å². The van der Waals surface area contributed by atoms with Crippen LogP contribution in [0.3, 0.4) is 0 Å². The third-order valence-electron chi connectivity index (χ3n) is 10.1. The van der Waals surface area contributed by atoms with Crippen molar-refractivity contribution >= 4 is 18.0 Å². The van der Waals surface area contributed by atoms with Crippen molar-refractivity contribution in [3.05, 3.63) is 130 Å². The molecule has 6 unspecified atom stereocenters. The summed E-state index contributed by atoms with van der Waals surface area (Å²) in [4.78, 5) is 33.8. The smallest absolute Gasteiger partial charge is 0.290 e. The van der Waals surface area contributed by atoms with Crippen molar-refractivity contribution < 1.29 is 54.9 Å². The molecule has 11 heteroatoms. The van der Waals surface area contributed by atoms with Gasteiger partial charge in [-0.25, -0.2) is 0 Å². The van der Waals surface area contributed by atoms with Gasteiger partial charge in [0.05, 0.1) is 13.2 Å². The van der Waals surface area contributed by atoms with E-state index in [9.17, 15) is 35.1 Å². The fraction of sp³-hybridized carbons (Fsp3) is 0.468. The Morgan fingerprint density at radius 2 is 1.05 bits per heavy atom. The highest BCUT2D eigenvalue weighted by molar-refractivity contribution is 6.01. The van der Waals surface area contributed by atoms with Gasteiger partial charge in [0.2, 0.25) is 0 Å². The lowest BCUT2D eigenvalue weighted by molar-refractivity contribution is -0.146. The highest BCUT2D eigenvalue weighted by atomic mass is 16.5. The van der Waals surface area contributed by atoms with Crippen LogP contribution >= 0.6 is 0 Å². The summed E-state index contributed by atoms with van der Waals surface area (Å²) >= 11 is 0. The Morgan fingerprint density at radius 3 is 1.50 bits per heavy atom. The molecule has 58 heavy (non-hydrogen) atoms. The lowest BCUT2D eigenvalue weighted by atomic mass is 9.71. The molecule has 0 heterocycles. The minimum Gasteiger partial charge on any atom is -0.483 e. The van der Waals surface area contributed by atoms with Crippen molar-refractivity contribution in [1.29, 1.82) is 0 Å². The van der Waals surface area contributed by atoms with E-state index >= 15 is 0 Å². The molecule has 2 aliphatic carbocycles. The number of aliphatic hydroxyl groups excluding tert-OH is 6. The molecule has 11 nitrogen and oxygen atoms in total. The van der Waals surface area contributed by atoms with Crippen molar-refractivity contribution in [2.45, 2.75) is 119 Å². The molecule has 0 aromatic carbocycles. The molecule has 0 amide bonds. The highest BCUT2D eigenvalue weighted by Gasteiger charge is 2.40. The second kappa shape index (κ2) is 24.6. The summed E-state index contributed by atoms with van der Waals surface area (Å²) in [6.45, 7) is 18.2. The zero-order valence-corrected chi connectivity index (χ0v) is 35.7. The number of carbonyl (C=O) groups is 3. The molecule has 0 saturated heterocycles. The van der Waals surface area contributed by atoms with Crippen LogP contribution in [0.4, 0.5) is 0 Å². The van der Waals surface area contributed by atoms with Gasteiger partial charge < -0.3 is 40.5 Å². The van der Waals surface area contributed by atoms with E-state index in [0.29, 0.717) is 24.0 Å². The maximum Gasteiger partial charge on any atom is 0.290 e. The molecule has 0 bridgehead atoms. The van der Waals surface area contributed by atoms with Crippen LogP contribution in [0.1, 0.15) is 82.1 Å². The molecule has 320 valence electrons. The van der Waals surface area contributed by atoms with Gasteiger partial charge in [0.1, 0.15) is 36.6 Å². The first-order valence-corrected chi connectivity index (χ1v) is 19.3. The zero-order chi connectivity index (χ0) is 44.4. The summed E-state index contributed by atoms with van der Waals surface area (Å²) in [5, 5.41) is 65.6. The van der Waals surface area contributed by atoms with Gasteiger partial charge in [-0.05, 0) is 87.5 Å². The predicted octanol–water partition coefficient (Wildman–Crippen LogP) is 6.07. The fourth-order valence-corrected chi connectivity index (χ4v) is 6.61. The predicted molar refractivity (Wildman–Crippen MR) is 228 cm³/mol. The largest absolute Gasteiger partial charge is 0.483 e. The summed E-state index contributed by atoms with van der Waals surface area (Å²) in [7, 11) is 0. The number of hydrogen-bond acceptors (Lipinski definition) is 10. The quantitative estimate of drug-likeness (QED) is 0.0665. The third-order valence-corrected chi connectivity index (χ3v) is 10.1. The minimum absolute atomic E-state index is 0.192. The van der Waals surface area contributed by atoms with Crippen molar-refractivity contribution in [1.82, 2.24) is 0 Å². The summed E-state index contributed by atoms with van der Waals surface area (Å²) in [6.07, 6.45) is 20.3. The van der Waals surface area contributed by atoms with Crippen LogP contribution < -0.4 is 0 Å². The van der Waals surface area contributed by atoms with Crippen LogP contribution in [-0.2, 0) is 19.1 Å². The number of carboxylic acid groups (broad SMARTS) is 1. The number of aliphatic hydroxyl groups is 6. The van der Waals surface area contributed by atoms with Crippen molar-refractivity contribution in [3.8, 4) is 0 Å². The van der Waals surface area contributed by atoms with Crippen LogP contribution in [-0.4, -0.2) is 104 Å². The Labute approximate surface area is 344 Å². The summed E-state index contributed by atoms with van der Waals surface area (Å²) in [5.74, 6) is -0.415. The molecule has 0 aliphatic heterocycles. The first kappa shape index (κ1) is 51.7. The Morgan fingerprint density at radius 1 is 0.672 bits per heavy atom. The van der Waals surface area contributed by atoms with Gasteiger partial charge in [-0.2, -0.15) is 0 Å². The minimum atomic E-state index is -1.76. The third kappa shape index (κ3) is 16.5. The summed E-state index contributed by atoms with van der Waals surface area (Å²) < 4.78 is 5.68. The molecule has 0 saturated carbocycles. The van der Waals surface area contributed by atoms with Crippen molar-refractivity contribution in [3.63, 3.8) is 0 Å². The van der Waals surface area contributed by atoms with Crippen LogP contribution in [0, 0.1) is 10.8 Å². The van der Waals surface area contributed by atoms with E-state index < -0.39 is 55.3 Å². The maximum absolute atomic E-state index is 13.2. The Balaban J connectivity index is 0.00000542. The van der Waals surface area contributed by atoms with E-state index in [-0.39, 0.29) is 23.5 Å². The lowest BCUT2D eigenvalue weighted by Gasteiger charge is -2.37. The molecule has 2 rings (SSSR count). The molecular weight excluding hydrogens is 741 g/mol. The van der Waals surface area contributed by atoms with Gasteiger partial charge in [0, 0.05) is 0 Å². The molecule has 0 aromatic heterocycles. The Hall–Kier alpha value is -4.33. The fourth-order valence-electron chi connectivity index (χ4n) is 6.61. The van der Waals surface area contributed by atoms with Gasteiger partial charge in [0.15, 0.2) is 11.6 Å². The van der Waals surface area contributed by atoms with Gasteiger partial charge >= 0.3 is 0 Å². The molecular formula is C47H66O11. The average molecular weight is 807 g/mol. The SMILES string of the molecule is CC1=C(/C=C/C(C)=C/C=C/C(C)=C/C=C/C=C(C)/C=C/C=C(C)/C=C/C2=C(C)C(=O)C(OCC(O)C(O)C(O)C(O)CO)CC2(C)C)C(C)(C)CC(O)C1=O.O=CO. The molecule has 0 fully saturated rings. The lowest BCUT2D eigenvalue weighted by Crippen LogP contribution is -2.48. The van der Waals surface area contributed by atoms with E-state index in [4.69, 9.17) is 19.7 Å². The van der Waals surface area contributed by atoms with Crippen LogP contribution in [0.25, 0.3) is 0 Å². The maximum atomic E-state index is 13.2. The Bertz CT molecular complexity index is 1770. The van der Waals surface area contributed by atoms with E-state index in [2.05, 4.69) is 13.8 Å². The summed E-state index contributed by atoms with van der Waals surface area (Å²) in [6, 6.07) is 0. The second-order valence-corrected chi connectivity index (χ2v) is 16.1. The monoisotopic (exact) mass is 806 g/mol. The topological polar surface area (TPSA) is 202 Å². The molecule has 0 spiro atoms. The molecule has 6 atom stereocenters. The number of ether oxygens (including phenoxy) is 1. The number of allylic oxidation sites excluding steroid dienone is 20. The average Bonchev–Trinajstić information content (AvgIpc) is 3.15. The molecule has 2 aliphatic rings. The van der Waals surface area contributed by atoms with Crippen LogP contribution in [0.2, 0.25) is 0 Å². The van der Waals surface area contributed by atoms with Crippen LogP contribution in [0.5, 0.6) is 0 Å². The van der Waals surface area contributed by atoms with Gasteiger partial charge in [-0.1, -0.05) is 135 Å². The molecule has 0 aromatic rings. The normalized spacial score (nSPS) is 23.4. The van der Waals surface area contributed by atoms with Gasteiger partial charge in [-0.15, -0.1) is 0 Å². The second-order valence-electron chi connectivity index (χ2n) is 16.1. The first-order chi connectivity index (χ1) is 27.0. The van der Waals surface area contributed by atoms with Gasteiger partial charge in [-0.3, -0.25) is 14.4 Å². The first-order valence-electron chi connectivity index (χ1n) is 19.3. The van der Waals surface area contributed by atoms with Gasteiger partial charge in [0.25, 0.3) is 6.47 Å². The highest BCUT2D eigenvalue weighted by Crippen LogP contribution is 2.41. The number of Topliss-reactive ketones (excluding diaryl/α,β-unsaturated/α-hetero) is 2. The standard InChI is InChI=1S/C46H64O9.CH2O2/c1-29(17-13-19-31(3)21-23-35-33(5)41(51)37(48)25-45(35,7)8)15-11-12-16-30(2)18-14-20-32(4)22-24-36-34(6)42(52)40(26-46(36,9)10)55-28-39(50)44(54)43(53)38(49)27-47;2-1-3/h11-24,37-40,43-44,47-50,53-54H,25-28H2,1-10H3;1H,(H,2,3)/b12-11+,17-13+,18-14+,23-21+,24-22+,29-15+,30-16+,31-19+,32-20+;. The molecule has 7 N–H and O–H groups in total. The van der Waals surface area contributed by atoms with Crippen molar-refractivity contribution in [2.75, 3.05) is 13.2 Å². The summed E-state index contributed by atoms with van der Waals surface area (Å²) in [5.41, 5.74) is 6.53. The number of ketones is 2. The Kier molecular flexibility index (Phi) is 21.9. The van der Waals surface area contributed by atoms with E-state index in [1.807, 2.05) is 127 Å². The van der Waals surface area contributed by atoms with E-state index in [1.165, 1.54) is 0 Å². The zero-order valence-electron chi connectivity index (χ0n) is 35.7. The number of hydrogen-bond donors (Lipinski definition) is 7. The van der Waals surface area contributed by atoms with Crippen LogP contribution in [0.15, 0.2) is 130 Å². The number of rotatable bonds is 17. The van der Waals surface area contributed by atoms with E-state index in [1.54, 1.807) is 13.8 Å². The number of carbonyl (C=O) groups excluding carboxylic acids is 2. The molecule has 0 radical (unpaired) electrons. The van der Waals surface area contributed by atoms with Crippen molar-refractivity contribution in [2.24, 2.45) is 10.8 Å².